The summed E-state index contributed by atoms with van der Waals surface area (Å²) in [6, 6.07) is 3.37. The molecule has 1 aromatic heterocycles. The zero-order valence-electron chi connectivity index (χ0n) is 8.10. The normalized spacial score (nSPS) is 10.1. The fourth-order valence-electron chi connectivity index (χ4n) is 1.20. The lowest BCUT2D eigenvalue weighted by Gasteiger charge is -1.95. The van der Waals surface area contributed by atoms with E-state index in [9.17, 15) is 9.59 Å². The van der Waals surface area contributed by atoms with E-state index in [0.29, 0.717) is 11.3 Å². The molecule has 5 heteroatoms. The van der Waals surface area contributed by atoms with Gasteiger partial charge in [0, 0.05) is 11.3 Å². The third-order valence-electron chi connectivity index (χ3n) is 1.94. The van der Waals surface area contributed by atoms with Gasteiger partial charge in [0.1, 0.15) is 4.88 Å². The van der Waals surface area contributed by atoms with Gasteiger partial charge in [0.15, 0.2) is 0 Å². The Balaban J connectivity index is 2.31. The van der Waals surface area contributed by atoms with Crippen molar-refractivity contribution in [1.82, 2.24) is 0 Å². The highest BCUT2D eigenvalue weighted by Crippen LogP contribution is 2.18. The molecule has 4 nitrogen and oxygen atoms in total. The number of aliphatic carboxylic acids is 1. The highest BCUT2D eigenvalue weighted by Gasteiger charge is 2.06. The van der Waals surface area contributed by atoms with E-state index in [2.05, 4.69) is 0 Å². The van der Waals surface area contributed by atoms with Crippen LogP contribution in [0.25, 0.3) is 0 Å². The lowest BCUT2D eigenvalue weighted by Crippen LogP contribution is -1.94. The van der Waals surface area contributed by atoms with Gasteiger partial charge in [0.05, 0.1) is 0 Å². The largest absolute Gasteiger partial charge is 0.481 e. The van der Waals surface area contributed by atoms with Gasteiger partial charge >= 0.3 is 11.9 Å². The third-order valence-corrected chi connectivity index (χ3v) is 3.07. The maximum atomic E-state index is 10.6. The van der Waals surface area contributed by atoms with E-state index in [1.54, 1.807) is 12.1 Å². The van der Waals surface area contributed by atoms with Gasteiger partial charge in [-0.25, -0.2) is 4.79 Å². The van der Waals surface area contributed by atoms with Crippen molar-refractivity contribution in [3.63, 3.8) is 0 Å². The predicted octanol–water partition coefficient (Wildman–Crippen LogP) is 2.24. The lowest BCUT2D eigenvalue weighted by molar-refractivity contribution is -0.137. The predicted molar refractivity (Wildman–Crippen MR) is 56.5 cm³/mol. The number of aromatic carboxylic acids is 1. The van der Waals surface area contributed by atoms with Gasteiger partial charge in [-0.2, -0.15) is 0 Å². The average Bonchev–Trinajstić information content (AvgIpc) is 2.60. The Morgan fingerprint density at radius 2 is 1.93 bits per heavy atom. The van der Waals surface area contributed by atoms with Gasteiger partial charge in [-0.15, -0.1) is 11.3 Å². The van der Waals surface area contributed by atoms with Gasteiger partial charge < -0.3 is 10.2 Å². The minimum atomic E-state index is -0.906. The number of hydrogen-bond acceptors (Lipinski definition) is 3. The van der Waals surface area contributed by atoms with Crippen molar-refractivity contribution in [3.05, 3.63) is 21.9 Å². The summed E-state index contributed by atoms with van der Waals surface area (Å²) in [5, 5.41) is 17.1. The summed E-state index contributed by atoms with van der Waals surface area (Å²) >= 11 is 1.25. The van der Waals surface area contributed by atoms with E-state index in [4.69, 9.17) is 10.2 Å². The Bertz CT molecular complexity index is 356. The summed E-state index contributed by atoms with van der Waals surface area (Å²) in [6.07, 6.45) is 2.35. The molecule has 0 bridgehead atoms. The molecule has 1 aromatic rings. The highest BCUT2D eigenvalue weighted by molar-refractivity contribution is 7.13. The SMILES string of the molecule is O=C(O)CCCCc1ccc(C(=O)O)s1. The van der Waals surface area contributed by atoms with Crippen molar-refractivity contribution in [3.8, 4) is 0 Å². The molecule has 2 N–H and O–H groups in total. The highest BCUT2D eigenvalue weighted by atomic mass is 32.1. The van der Waals surface area contributed by atoms with Crippen molar-refractivity contribution in [2.24, 2.45) is 0 Å². The molecule has 0 aliphatic rings. The summed E-state index contributed by atoms with van der Waals surface area (Å²) in [5.41, 5.74) is 0. The Labute approximate surface area is 91.2 Å². The molecule has 0 aliphatic carbocycles. The van der Waals surface area contributed by atoms with Gasteiger partial charge in [-0.1, -0.05) is 0 Å². The molecular formula is C10H12O4S. The molecule has 0 atom stereocenters. The molecule has 0 aliphatic heterocycles. The molecule has 0 spiro atoms. The van der Waals surface area contributed by atoms with E-state index in [0.717, 1.165) is 17.7 Å². The maximum Gasteiger partial charge on any atom is 0.345 e. The molecule has 1 heterocycles. The van der Waals surface area contributed by atoms with Crippen LogP contribution in [0.3, 0.4) is 0 Å². The van der Waals surface area contributed by atoms with Crippen LogP contribution in [-0.4, -0.2) is 22.2 Å². The van der Waals surface area contributed by atoms with Crippen LogP contribution in [-0.2, 0) is 11.2 Å². The first-order chi connectivity index (χ1) is 7.09. The Hall–Kier alpha value is -1.36. The first kappa shape index (κ1) is 11.7. The van der Waals surface area contributed by atoms with Crippen molar-refractivity contribution in [1.29, 1.82) is 0 Å². The average molecular weight is 228 g/mol. The second-order valence-corrected chi connectivity index (χ2v) is 4.34. The molecule has 0 fully saturated rings. The Morgan fingerprint density at radius 1 is 1.20 bits per heavy atom. The zero-order chi connectivity index (χ0) is 11.3. The van der Waals surface area contributed by atoms with Crippen molar-refractivity contribution in [2.45, 2.75) is 25.7 Å². The fraction of sp³-hybridized carbons (Fsp3) is 0.400. The van der Waals surface area contributed by atoms with Crippen LogP contribution >= 0.6 is 11.3 Å². The van der Waals surface area contributed by atoms with Crippen LogP contribution in [0.15, 0.2) is 12.1 Å². The molecule has 0 saturated heterocycles. The van der Waals surface area contributed by atoms with E-state index in [1.165, 1.54) is 11.3 Å². The number of hydrogen-bond donors (Lipinski definition) is 2. The van der Waals surface area contributed by atoms with Crippen LogP contribution in [0.5, 0.6) is 0 Å². The monoisotopic (exact) mass is 228 g/mol. The molecule has 0 unspecified atom stereocenters. The van der Waals surface area contributed by atoms with Crippen molar-refractivity contribution >= 4 is 23.3 Å². The molecule has 1 rings (SSSR count). The number of unbranched alkanes of at least 4 members (excludes halogenated alkanes) is 1. The van der Waals surface area contributed by atoms with Crippen LogP contribution in [0, 0.1) is 0 Å². The van der Waals surface area contributed by atoms with Crippen LogP contribution in [0.1, 0.15) is 33.8 Å². The van der Waals surface area contributed by atoms with Crippen LogP contribution in [0.2, 0.25) is 0 Å². The number of carboxylic acid groups (broad SMARTS) is 2. The summed E-state index contributed by atoms with van der Waals surface area (Å²) in [6.45, 7) is 0. The molecule has 0 radical (unpaired) electrons. The zero-order valence-corrected chi connectivity index (χ0v) is 8.92. The number of aryl methyl sites for hydroxylation is 1. The molecule has 0 amide bonds. The topological polar surface area (TPSA) is 74.6 Å². The molecule has 15 heavy (non-hydrogen) atoms. The minimum Gasteiger partial charge on any atom is -0.481 e. The summed E-state index contributed by atoms with van der Waals surface area (Å²) in [4.78, 5) is 22.1. The molecule has 82 valence electrons. The minimum absolute atomic E-state index is 0.178. The summed E-state index contributed by atoms with van der Waals surface area (Å²) in [5.74, 6) is -1.69. The molecule has 0 aromatic carbocycles. The maximum absolute atomic E-state index is 10.6. The number of thiophene rings is 1. The second-order valence-electron chi connectivity index (χ2n) is 3.17. The van der Waals surface area contributed by atoms with Gasteiger partial charge in [-0.05, 0) is 31.4 Å². The van der Waals surface area contributed by atoms with Gasteiger partial charge in [-0.3, -0.25) is 4.79 Å². The first-order valence-corrected chi connectivity index (χ1v) is 5.45. The van der Waals surface area contributed by atoms with Crippen molar-refractivity contribution < 1.29 is 19.8 Å². The number of rotatable bonds is 6. The van der Waals surface area contributed by atoms with Gasteiger partial charge in [0.2, 0.25) is 0 Å². The third kappa shape index (κ3) is 4.12. The van der Waals surface area contributed by atoms with E-state index in [1.807, 2.05) is 0 Å². The molecule has 0 saturated carbocycles. The quantitative estimate of drug-likeness (QED) is 0.732. The van der Waals surface area contributed by atoms with E-state index < -0.39 is 11.9 Å². The number of carboxylic acids is 2. The lowest BCUT2D eigenvalue weighted by atomic mass is 10.2. The van der Waals surface area contributed by atoms with E-state index in [-0.39, 0.29) is 6.42 Å². The van der Waals surface area contributed by atoms with Crippen molar-refractivity contribution in [2.75, 3.05) is 0 Å². The smallest absolute Gasteiger partial charge is 0.345 e. The summed E-state index contributed by atoms with van der Waals surface area (Å²) < 4.78 is 0. The molecular weight excluding hydrogens is 216 g/mol. The second kappa shape index (κ2) is 5.50. The van der Waals surface area contributed by atoms with Gasteiger partial charge in [0.25, 0.3) is 0 Å². The number of carbonyl (C=O) groups is 2. The first-order valence-electron chi connectivity index (χ1n) is 4.63. The summed E-state index contributed by atoms with van der Waals surface area (Å²) in [7, 11) is 0. The van der Waals surface area contributed by atoms with Crippen LogP contribution in [0.4, 0.5) is 0 Å². The standard InChI is InChI=1S/C10H12O4S/c11-9(12)4-2-1-3-7-5-6-8(15-7)10(13)14/h5-6H,1-4H2,(H,11,12)(H,13,14). The Morgan fingerprint density at radius 3 is 2.47 bits per heavy atom. The fourth-order valence-corrected chi connectivity index (χ4v) is 2.09. The Kier molecular flexibility index (Phi) is 4.30. The van der Waals surface area contributed by atoms with E-state index >= 15 is 0 Å². The van der Waals surface area contributed by atoms with Crippen LogP contribution < -0.4 is 0 Å².